The van der Waals surface area contributed by atoms with E-state index in [9.17, 15) is 4.79 Å². The third-order valence-corrected chi connectivity index (χ3v) is 2.77. The highest BCUT2D eigenvalue weighted by Gasteiger charge is 2.07. The van der Waals surface area contributed by atoms with Crippen molar-refractivity contribution in [1.29, 1.82) is 0 Å². The fraction of sp³-hybridized carbons (Fsp3) is 0.0769. The number of nitrogens with zero attached hydrogens (tertiary/aromatic N) is 1. The number of carbonyl (C=O) groups excluding carboxylic acids is 1. The van der Waals surface area contributed by atoms with E-state index in [0.29, 0.717) is 17.7 Å². The molecule has 0 atom stereocenters. The fourth-order valence-corrected chi connectivity index (χ4v) is 1.96. The lowest BCUT2D eigenvalue weighted by Crippen LogP contribution is -2.04. The van der Waals surface area contributed by atoms with Crippen LogP contribution in [0, 0.1) is 0 Å². The van der Waals surface area contributed by atoms with Gasteiger partial charge in [-0.15, -0.1) is 0 Å². The summed E-state index contributed by atoms with van der Waals surface area (Å²) in [6, 6.07) is 8.88. The van der Waals surface area contributed by atoms with Crippen LogP contribution in [0.25, 0.3) is 0 Å². The first-order valence-electron chi connectivity index (χ1n) is 5.13. The zero-order valence-electron chi connectivity index (χ0n) is 9.06. The smallest absolute Gasteiger partial charge is 0.167 e. The van der Waals surface area contributed by atoms with E-state index >= 15 is 0 Å². The van der Waals surface area contributed by atoms with Crippen molar-refractivity contribution < 1.29 is 4.79 Å². The minimum absolute atomic E-state index is 0.0391. The number of hydrogen-bond acceptors (Lipinski definition) is 3. The molecule has 1 heterocycles. The van der Waals surface area contributed by atoms with Gasteiger partial charge in [0.15, 0.2) is 5.78 Å². The van der Waals surface area contributed by atoms with E-state index in [0.717, 1.165) is 10.0 Å². The van der Waals surface area contributed by atoms with E-state index < -0.39 is 0 Å². The Balaban J connectivity index is 2.17. The first-order valence-corrected chi connectivity index (χ1v) is 5.92. The molecule has 17 heavy (non-hydrogen) atoms. The molecule has 2 aromatic rings. The summed E-state index contributed by atoms with van der Waals surface area (Å²) < 4.78 is 0.871. The molecule has 0 spiro atoms. The van der Waals surface area contributed by atoms with Gasteiger partial charge in [0.25, 0.3) is 0 Å². The molecule has 0 aliphatic carbocycles. The van der Waals surface area contributed by atoms with Crippen LogP contribution in [0.1, 0.15) is 15.9 Å². The van der Waals surface area contributed by atoms with Crippen molar-refractivity contribution in [3.05, 3.63) is 58.3 Å². The number of nitrogen functional groups attached to an aromatic ring is 1. The standard InChI is InChI=1S/C13H11BrN2O/c14-11-4-9(7-16-8-11)5-13(17)10-2-1-3-12(15)6-10/h1-4,6-8H,5,15H2. The van der Waals surface area contributed by atoms with Gasteiger partial charge >= 0.3 is 0 Å². The van der Waals surface area contributed by atoms with Crippen LogP contribution in [0.4, 0.5) is 5.69 Å². The number of ketones is 1. The van der Waals surface area contributed by atoms with Crippen molar-refractivity contribution in [1.82, 2.24) is 4.98 Å². The highest BCUT2D eigenvalue weighted by Crippen LogP contribution is 2.13. The second-order valence-electron chi connectivity index (χ2n) is 3.74. The van der Waals surface area contributed by atoms with Gasteiger partial charge in [-0.25, -0.2) is 0 Å². The lowest BCUT2D eigenvalue weighted by atomic mass is 10.0. The maximum Gasteiger partial charge on any atom is 0.167 e. The summed E-state index contributed by atoms with van der Waals surface area (Å²) in [6.45, 7) is 0. The van der Waals surface area contributed by atoms with Gasteiger partial charge in [0.1, 0.15) is 0 Å². The minimum atomic E-state index is 0.0391. The summed E-state index contributed by atoms with van der Waals surface area (Å²) in [5.74, 6) is 0.0391. The number of Topliss-reactive ketones (excluding diaryl/α,β-unsaturated/α-hetero) is 1. The van der Waals surface area contributed by atoms with Crippen LogP contribution in [0.5, 0.6) is 0 Å². The van der Waals surface area contributed by atoms with Crippen LogP contribution in [0.15, 0.2) is 47.2 Å². The third kappa shape index (κ3) is 3.14. The summed E-state index contributed by atoms with van der Waals surface area (Å²) in [4.78, 5) is 16.0. The second kappa shape index (κ2) is 5.10. The van der Waals surface area contributed by atoms with Crippen molar-refractivity contribution in [2.45, 2.75) is 6.42 Å². The zero-order valence-corrected chi connectivity index (χ0v) is 10.6. The predicted octanol–water partition coefficient (Wildman–Crippen LogP) is 2.85. The topological polar surface area (TPSA) is 56.0 Å². The first-order chi connectivity index (χ1) is 8.15. The Kier molecular flexibility index (Phi) is 3.54. The molecule has 86 valence electrons. The van der Waals surface area contributed by atoms with E-state index in [1.54, 1.807) is 36.7 Å². The molecule has 0 saturated heterocycles. The Hall–Kier alpha value is -1.68. The number of pyridine rings is 1. The number of aromatic nitrogens is 1. The molecule has 0 aliphatic rings. The van der Waals surface area contributed by atoms with Crippen molar-refractivity contribution in [3.8, 4) is 0 Å². The summed E-state index contributed by atoms with van der Waals surface area (Å²) in [5, 5.41) is 0. The first kappa shape index (κ1) is 11.8. The Morgan fingerprint density at radius 1 is 1.29 bits per heavy atom. The molecule has 2 rings (SSSR count). The van der Waals surface area contributed by atoms with Gasteiger partial charge in [0.2, 0.25) is 0 Å². The zero-order chi connectivity index (χ0) is 12.3. The number of halogens is 1. The van der Waals surface area contributed by atoms with E-state index in [1.165, 1.54) is 0 Å². The van der Waals surface area contributed by atoms with Crippen molar-refractivity contribution in [2.24, 2.45) is 0 Å². The summed E-state index contributed by atoms with van der Waals surface area (Å²) in [5.41, 5.74) is 7.75. The molecule has 0 bridgehead atoms. The van der Waals surface area contributed by atoms with Crippen LogP contribution in [0.3, 0.4) is 0 Å². The van der Waals surface area contributed by atoms with E-state index in [2.05, 4.69) is 20.9 Å². The summed E-state index contributed by atoms with van der Waals surface area (Å²) in [7, 11) is 0. The molecule has 1 aromatic heterocycles. The number of nitrogens with two attached hydrogens (primary N) is 1. The SMILES string of the molecule is Nc1cccc(C(=O)Cc2cncc(Br)c2)c1. The normalized spacial score (nSPS) is 10.2. The molecule has 1 aromatic carbocycles. The molecule has 0 unspecified atom stereocenters. The Morgan fingerprint density at radius 3 is 2.82 bits per heavy atom. The van der Waals surface area contributed by atoms with Gasteiger partial charge in [-0.1, -0.05) is 12.1 Å². The van der Waals surface area contributed by atoms with Gasteiger partial charge in [-0.05, 0) is 39.7 Å². The van der Waals surface area contributed by atoms with E-state index in [-0.39, 0.29) is 5.78 Å². The quantitative estimate of drug-likeness (QED) is 0.699. The maximum absolute atomic E-state index is 12.0. The largest absolute Gasteiger partial charge is 0.399 e. The van der Waals surface area contributed by atoms with E-state index in [1.807, 2.05) is 6.07 Å². The molecule has 4 heteroatoms. The number of anilines is 1. The highest BCUT2D eigenvalue weighted by molar-refractivity contribution is 9.10. The lowest BCUT2D eigenvalue weighted by Gasteiger charge is -2.02. The summed E-state index contributed by atoms with van der Waals surface area (Å²) in [6.07, 6.45) is 3.71. The molecular formula is C13H11BrN2O. The summed E-state index contributed by atoms with van der Waals surface area (Å²) >= 11 is 3.33. The van der Waals surface area contributed by atoms with Crippen LogP contribution in [-0.4, -0.2) is 10.8 Å². The lowest BCUT2D eigenvalue weighted by molar-refractivity contribution is 0.0993. The number of rotatable bonds is 3. The molecular weight excluding hydrogens is 280 g/mol. The highest BCUT2D eigenvalue weighted by atomic mass is 79.9. The third-order valence-electron chi connectivity index (χ3n) is 2.33. The molecule has 0 aliphatic heterocycles. The number of benzene rings is 1. The number of carbonyl (C=O) groups is 1. The van der Waals surface area contributed by atoms with Crippen LogP contribution < -0.4 is 5.73 Å². The molecule has 0 amide bonds. The Labute approximate surface area is 108 Å². The second-order valence-corrected chi connectivity index (χ2v) is 4.65. The molecule has 0 fully saturated rings. The molecule has 0 saturated carbocycles. The van der Waals surface area contributed by atoms with Gasteiger partial charge < -0.3 is 5.73 Å². The predicted molar refractivity (Wildman–Crippen MR) is 70.8 cm³/mol. The van der Waals surface area contributed by atoms with Crippen molar-refractivity contribution in [3.63, 3.8) is 0 Å². The van der Waals surface area contributed by atoms with Crippen LogP contribution >= 0.6 is 15.9 Å². The molecule has 3 nitrogen and oxygen atoms in total. The molecule has 0 radical (unpaired) electrons. The average Bonchev–Trinajstić information content (AvgIpc) is 2.29. The number of hydrogen-bond donors (Lipinski definition) is 1. The fourth-order valence-electron chi connectivity index (χ4n) is 1.55. The van der Waals surface area contributed by atoms with Crippen LogP contribution in [-0.2, 0) is 6.42 Å². The van der Waals surface area contributed by atoms with Crippen molar-refractivity contribution >= 4 is 27.4 Å². The van der Waals surface area contributed by atoms with Gasteiger partial charge in [-0.3, -0.25) is 9.78 Å². The van der Waals surface area contributed by atoms with E-state index in [4.69, 9.17) is 5.73 Å². The Morgan fingerprint density at radius 2 is 2.12 bits per heavy atom. The average molecular weight is 291 g/mol. The maximum atomic E-state index is 12.0. The van der Waals surface area contributed by atoms with Crippen LogP contribution in [0.2, 0.25) is 0 Å². The molecule has 2 N–H and O–H groups in total. The minimum Gasteiger partial charge on any atom is -0.399 e. The monoisotopic (exact) mass is 290 g/mol. The van der Waals surface area contributed by atoms with Gasteiger partial charge in [-0.2, -0.15) is 0 Å². The van der Waals surface area contributed by atoms with Gasteiger partial charge in [0, 0.05) is 34.5 Å². The van der Waals surface area contributed by atoms with Gasteiger partial charge in [0.05, 0.1) is 0 Å². The van der Waals surface area contributed by atoms with Crippen molar-refractivity contribution in [2.75, 3.05) is 5.73 Å². The Bertz CT molecular complexity index is 555.